The molecular formula is C14H23NO3. The molecule has 2 N–H and O–H groups in total. The van der Waals surface area contributed by atoms with E-state index in [-0.39, 0.29) is 5.41 Å². The Hall–Kier alpha value is -1.29. The van der Waals surface area contributed by atoms with Gasteiger partial charge in [0.15, 0.2) is 0 Å². The molecule has 18 heavy (non-hydrogen) atoms. The van der Waals surface area contributed by atoms with E-state index in [0.717, 1.165) is 6.42 Å². The van der Waals surface area contributed by atoms with Crippen LogP contribution in [0.3, 0.4) is 0 Å². The number of ether oxygens (including phenoxy) is 1. The first-order valence-corrected chi connectivity index (χ1v) is 6.21. The SMILES string of the molecule is C=CC[C@@]1(CNC(=O)OC(C)(C)C)CC=C[C@@H]1O. The van der Waals surface area contributed by atoms with Gasteiger partial charge in [0.05, 0.1) is 6.10 Å². The van der Waals surface area contributed by atoms with Gasteiger partial charge >= 0.3 is 6.09 Å². The summed E-state index contributed by atoms with van der Waals surface area (Å²) in [5, 5.41) is 12.7. The van der Waals surface area contributed by atoms with Crippen molar-refractivity contribution in [2.24, 2.45) is 5.41 Å². The Morgan fingerprint density at radius 3 is 2.78 bits per heavy atom. The smallest absolute Gasteiger partial charge is 0.407 e. The molecular weight excluding hydrogens is 230 g/mol. The van der Waals surface area contributed by atoms with Crippen molar-refractivity contribution in [1.29, 1.82) is 0 Å². The molecule has 0 unspecified atom stereocenters. The first-order valence-electron chi connectivity index (χ1n) is 6.21. The number of alkyl carbamates (subject to hydrolysis) is 1. The molecule has 1 aliphatic carbocycles. The maximum absolute atomic E-state index is 11.6. The van der Waals surface area contributed by atoms with E-state index in [0.29, 0.717) is 13.0 Å². The fourth-order valence-corrected chi connectivity index (χ4v) is 2.06. The highest BCUT2D eigenvalue weighted by Gasteiger charge is 2.38. The van der Waals surface area contributed by atoms with Gasteiger partial charge in [-0.3, -0.25) is 0 Å². The highest BCUT2D eigenvalue weighted by molar-refractivity contribution is 5.67. The fraction of sp³-hybridized carbons (Fsp3) is 0.643. The van der Waals surface area contributed by atoms with Crippen LogP contribution in [0.2, 0.25) is 0 Å². The zero-order valence-corrected chi connectivity index (χ0v) is 11.4. The molecule has 2 atom stereocenters. The van der Waals surface area contributed by atoms with Crippen molar-refractivity contribution in [3.05, 3.63) is 24.8 Å². The lowest BCUT2D eigenvalue weighted by molar-refractivity contribution is 0.0412. The molecule has 0 bridgehead atoms. The Labute approximate surface area is 109 Å². The quantitative estimate of drug-likeness (QED) is 0.756. The van der Waals surface area contributed by atoms with Gasteiger partial charge in [-0.2, -0.15) is 0 Å². The van der Waals surface area contributed by atoms with Gasteiger partial charge in [-0.05, 0) is 33.6 Å². The maximum Gasteiger partial charge on any atom is 0.407 e. The number of aliphatic hydroxyl groups is 1. The molecule has 0 fully saturated rings. The molecule has 0 aromatic rings. The predicted octanol–water partition coefficient (Wildman–Crippen LogP) is 2.39. The maximum atomic E-state index is 11.6. The van der Waals surface area contributed by atoms with Crippen molar-refractivity contribution in [3.63, 3.8) is 0 Å². The first-order chi connectivity index (χ1) is 8.29. The van der Waals surface area contributed by atoms with Crippen LogP contribution >= 0.6 is 0 Å². The zero-order valence-electron chi connectivity index (χ0n) is 11.4. The van der Waals surface area contributed by atoms with Gasteiger partial charge in [-0.15, -0.1) is 6.58 Å². The van der Waals surface area contributed by atoms with E-state index < -0.39 is 17.8 Å². The minimum atomic E-state index is -0.551. The summed E-state index contributed by atoms with van der Waals surface area (Å²) in [5.41, 5.74) is -0.888. The molecule has 102 valence electrons. The van der Waals surface area contributed by atoms with Gasteiger partial charge in [0.25, 0.3) is 0 Å². The number of carbonyl (C=O) groups is 1. The van der Waals surface area contributed by atoms with Gasteiger partial charge in [0, 0.05) is 12.0 Å². The largest absolute Gasteiger partial charge is 0.444 e. The molecule has 0 saturated heterocycles. The molecule has 1 aliphatic rings. The lowest BCUT2D eigenvalue weighted by Gasteiger charge is -2.32. The highest BCUT2D eigenvalue weighted by atomic mass is 16.6. The minimum Gasteiger partial charge on any atom is -0.444 e. The molecule has 1 rings (SSSR count). The normalized spacial score (nSPS) is 27.0. The average Bonchev–Trinajstić information content (AvgIpc) is 2.56. The summed E-state index contributed by atoms with van der Waals surface area (Å²) in [6.45, 7) is 9.54. The van der Waals surface area contributed by atoms with Gasteiger partial charge < -0.3 is 15.2 Å². The Morgan fingerprint density at radius 2 is 2.33 bits per heavy atom. The van der Waals surface area contributed by atoms with E-state index in [1.165, 1.54) is 0 Å². The van der Waals surface area contributed by atoms with E-state index in [1.807, 2.05) is 26.8 Å². The van der Waals surface area contributed by atoms with Gasteiger partial charge in [-0.25, -0.2) is 4.79 Å². The van der Waals surface area contributed by atoms with Crippen LogP contribution in [0.4, 0.5) is 4.79 Å². The van der Waals surface area contributed by atoms with Crippen LogP contribution in [-0.2, 0) is 4.74 Å². The molecule has 0 saturated carbocycles. The van der Waals surface area contributed by atoms with Crippen LogP contribution in [0.5, 0.6) is 0 Å². The van der Waals surface area contributed by atoms with E-state index in [1.54, 1.807) is 12.2 Å². The van der Waals surface area contributed by atoms with E-state index in [4.69, 9.17) is 4.74 Å². The van der Waals surface area contributed by atoms with Crippen LogP contribution in [0, 0.1) is 5.41 Å². The summed E-state index contributed by atoms with van der Waals surface area (Å²) in [4.78, 5) is 11.6. The number of rotatable bonds is 4. The van der Waals surface area contributed by atoms with Gasteiger partial charge in [-0.1, -0.05) is 18.2 Å². The predicted molar refractivity (Wildman–Crippen MR) is 71.2 cm³/mol. The molecule has 0 aliphatic heterocycles. The van der Waals surface area contributed by atoms with Crippen LogP contribution < -0.4 is 5.32 Å². The van der Waals surface area contributed by atoms with Crippen molar-refractivity contribution >= 4 is 6.09 Å². The topological polar surface area (TPSA) is 58.6 Å². The summed E-state index contributed by atoms with van der Waals surface area (Å²) >= 11 is 0. The Kier molecular flexibility index (Phi) is 4.57. The number of carbonyl (C=O) groups excluding carboxylic acids is 1. The Balaban J connectivity index is 2.54. The monoisotopic (exact) mass is 253 g/mol. The van der Waals surface area contributed by atoms with Crippen LogP contribution in [0.15, 0.2) is 24.8 Å². The second kappa shape index (κ2) is 5.57. The molecule has 0 aromatic heterocycles. The first kappa shape index (κ1) is 14.8. The highest BCUT2D eigenvalue weighted by Crippen LogP contribution is 2.36. The van der Waals surface area contributed by atoms with Gasteiger partial charge in [0.2, 0.25) is 0 Å². The fourth-order valence-electron chi connectivity index (χ4n) is 2.06. The Bertz CT molecular complexity index is 343. The van der Waals surface area contributed by atoms with E-state index in [2.05, 4.69) is 11.9 Å². The van der Waals surface area contributed by atoms with Crippen molar-refractivity contribution in [3.8, 4) is 0 Å². The van der Waals surface area contributed by atoms with Crippen molar-refractivity contribution in [2.75, 3.05) is 6.54 Å². The lowest BCUT2D eigenvalue weighted by atomic mass is 9.80. The second-order valence-electron chi connectivity index (χ2n) is 5.79. The number of hydrogen-bond acceptors (Lipinski definition) is 3. The molecule has 0 spiro atoms. The summed E-state index contributed by atoms with van der Waals surface area (Å²) in [5.74, 6) is 0. The second-order valence-corrected chi connectivity index (χ2v) is 5.79. The summed E-state index contributed by atoms with van der Waals surface area (Å²) < 4.78 is 5.18. The third kappa shape index (κ3) is 3.88. The van der Waals surface area contributed by atoms with Gasteiger partial charge in [0.1, 0.15) is 5.60 Å². The number of aliphatic hydroxyl groups excluding tert-OH is 1. The molecule has 1 amide bonds. The number of nitrogens with one attached hydrogen (secondary N) is 1. The van der Waals surface area contributed by atoms with Crippen molar-refractivity contribution in [1.82, 2.24) is 5.32 Å². The number of hydrogen-bond donors (Lipinski definition) is 2. The number of allylic oxidation sites excluding steroid dienone is 2. The molecule has 0 heterocycles. The van der Waals surface area contributed by atoms with Crippen LogP contribution in [0.1, 0.15) is 33.6 Å². The summed E-state index contributed by atoms with van der Waals surface area (Å²) in [7, 11) is 0. The third-order valence-corrected chi connectivity index (χ3v) is 3.00. The third-order valence-electron chi connectivity index (χ3n) is 3.00. The zero-order chi connectivity index (χ0) is 13.8. The summed E-state index contributed by atoms with van der Waals surface area (Å²) in [6, 6.07) is 0. The van der Waals surface area contributed by atoms with E-state index in [9.17, 15) is 9.90 Å². The van der Waals surface area contributed by atoms with Crippen LogP contribution in [0.25, 0.3) is 0 Å². The minimum absolute atomic E-state index is 0.376. The van der Waals surface area contributed by atoms with E-state index >= 15 is 0 Å². The Morgan fingerprint density at radius 1 is 1.67 bits per heavy atom. The molecule has 0 radical (unpaired) electrons. The molecule has 0 aromatic carbocycles. The van der Waals surface area contributed by atoms with Crippen molar-refractivity contribution in [2.45, 2.75) is 45.3 Å². The lowest BCUT2D eigenvalue weighted by Crippen LogP contribution is -2.44. The van der Waals surface area contributed by atoms with Crippen molar-refractivity contribution < 1.29 is 14.6 Å². The summed E-state index contributed by atoms with van der Waals surface area (Å²) in [6.07, 6.45) is 5.85. The standard InChI is InChI=1S/C14H23NO3/c1-5-8-14(9-6-7-11(14)16)10-15-12(17)18-13(2,3)4/h5-7,11,16H,1,8-10H2,2-4H3,(H,15,17)/t11-,14-/m0/s1. The number of amides is 1. The van der Waals surface area contributed by atoms with Crippen LogP contribution in [-0.4, -0.2) is 29.4 Å². The molecule has 4 nitrogen and oxygen atoms in total. The molecule has 4 heteroatoms. The average molecular weight is 253 g/mol.